The molecule has 1 amide bonds. The molecule has 0 aliphatic heterocycles. The minimum absolute atomic E-state index is 0.121. The summed E-state index contributed by atoms with van der Waals surface area (Å²) in [7, 11) is 0. The van der Waals surface area contributed by atoms with E-state index in [0.717, 1.165) is 55.6 Å². The Hall–Kier alpha value is -1.36. The van der Waals surface area contributed by atoms with Crippen LogP contribution in [0.2, 0.25) is 0 Å². The molecule has 1 aromatic rings. The zero-order chi connectivity index (χ0) is 14.7. The van der Waals surface area contributed by atoms with E-state index in [1.807, 2.05) is 18.7 Å². The summed E-state index contributed by atoms with van der Waals surface area (Å²) in [5.41, 5.74) is 8.37. The van der Waals surface area contributed by atoms with Crippen LogP contribution in [0.25, 0.3) is 0 Å². The van der Waals surface area contributed by atoms with Crippen molar-refractivity contribution in [1.82, 2.24) is 15.1 Å². The molecule has 1 aromatic heterocycles. The van der Waals surface area contributed by atoms with Gasteiger partial charge in [0.15, 0.2) is 0 Å². The molecule has 3 N–H and O–H groups in total. The Kier molecular flexibility index (Phi) is 4.81. The lowest BCUT2D eigenvalue weighted by Gasteiger charge is -2.36. The van der Waals surface area contributed by atoms with Gasteiger partial charge in [-0.25, -0.2) is 0 Å². The highest BCUT2D eigenvalue weighted by Gasteiger charge is 2.29. The quantitative estimate of drug-likeness (QED) is 0.886. The van der Waals surface area contributed by atoms with Gasteiger partial charge in [0.05, 0.1) is 11.3 Å². The van der Waals surface area contributed by atoms with Gasteiger partial charge in [0.2, 0.25) is 0 Å². The lowest BCUT2D eigenvalue weighted by atomic mass is 9.90. The zero-order valence-corrected chi connectivity index (χ0v) is 12.8. The molecule has 0 spiro atoms. The Labute approximate surface area is 120 Å². The molecule has 1 aliphatic rings. The molecule has 112 valence electrons. The molecule has 5 heteroatoms. The van der Waals surface area contributed by atoms with Gasteiger partial charge in [-0.3, -0.25) is 9.89 Å². The van der Waals surface area contributed by atoms with E-state index in [0.29, 0.717) is 12.1 Å². The second kappa shape index (κ2) is 6.39. The predicted molar refractivity (Wildman–Crippen MR) is 79.6 cm³/mol. The minimum atomic E-state index is 0.121. The van der Waals surface area contributed by atoms with Gasteiger partial charge in [0.1, 0.15) is 0 Å². The topological polar surface area (TPSA) is 75.0 Å². The Bertz CT molecular complexity index is 441. The van der Waals surface area contributed by atoms with E-state index in [2.05, 4.69) is 17.1 Å². The third-order valence-corrected chi connectivity index (χ3v) is 4.25. The third-order valence-electron chi connectivity index (χ3n) is 4.25. The van der Waals surface area contributed by atoms with E-state index in [9.17, 15) is 4.79 Å². The average Bonchev–Trinajstić information content (AvgIpc) is 2.76. The summed E-state index contributed by atoms with van der Waals surface area (Å²) in [6, 6.07) is 0.637. The van der Waals surface area contributed by atoms with Gasteiger partial charge >= 0.3 is 0 Å². The van der Waals surface area contributed by atoms with Gasteiger partial charge in [0.25, 0.3) is 5.91 Å². The van der Waals surface area contributed by atoms with Crippen LogP contribution in [0.15, 0.2) is 0 Å². The van der Waals surface area contributed by atoms with E-state index >= 15 is 0 Å². The van der Waals surface area contributed by atoms with Crippen molar-refractivity contribution in [3.63, 3.8) is 0 Å². The molecular weight excluding hydrogens is 252 g/mol. The number of carbonyl (C=O) groups is 1. The van der Waals surface area contributed by atoms with E-state index in [4.69, 9.17) is 5.73 Å². The summed E-state index contributed by atoms with van der Waals surface area (Å²) in [5, 5.41) is 7.05. The van der Waals surface area contributed by atoms with Crippen molar-refractivity contribution in [1.29, 1.82) is 0 Å². The van der Waals surface area contributed by atoms with Crippen LogP contribution in [0.5, 0.6) is 0 Å². The molecule has 1 aliphatic carbocycles. The first-order chi connectivity index (χ1) is 9.54. The molecule has 0 saturated heterocycles. The fraction of sp³-hybridized carbons (Fsp3) is 0.733. The van der Waals surface area contributed by atoms with Crippen LogP contribution in [0.1, 0.15) is 60.8 Å². The highest BCUT2D eigenvalue weighted by atomic mass is 16.2. The van der Waals surface area contributed by atoms with E-state index in [1.54, 1.807) is 0 Å². The average molecular weight is 278 g/mol. The number of rotatable bonds is 4. The molecule has 2 rings (SSSR count). The van der Waals surface area contributed by atoms with Crippen LogP contribution in [-0.4, -0.2) is 39.6 Å². The number of carbonyl (C=O) groups excluding carboxylic acids is 1. The SMILES string of the molecule is CCCN(C(=O)c1c(C)n[nH]c1C)C1CCC(N)CC1. The largest absolute Gasteiger partial charge is 0.336 e. The van der Waals surface area contributed by atoms with Gasteiger partial charge in [-0.15, -0.1) is 0 Å². The summed E-state index contributed by atoms with van der Waals surface area (Å²) in [6.45, 7) is 6.72. The molecule has 0 bridgehead atoms. The highest BCUT2D eigenvalue weighted by Crippen LogP contribution is 2.25. The fourth-order valence-corrected chi connectivity index (χ4v) is 3.11. The first-order valence-electron chi connectivity index (χ1n) is 7.62. The number of aromatic nitrogens is 2. The Morgan fingerprint density at radius 2 is 2.00 bits per heavy atom. The first kappa shape index (κ1) is 15.0. The Morgan fingerprint density at radius 1 is 1.35 bits per heavy atom. The maximum absolute atomic E-state index is 12.9. The third kappa shape index (κ3) is 3.03. The summed E-state index contributed by atoms with van der Waals surface area (Å²) >= 11 is 0. The van der Waals surface area contributed by atoms with Crippen LogP contribution < -0.4 is 5.73 Å². The molecule has 0 unspecified atom stereocenters. The maximum atomic E-state index is 12.9. The molecule has 5 nitrogen and oxygen atoms in total. The summed E-state index contributed by atoms with van der Waals surface area (Å²) in [5.74, 6) is 0.121. The molecule has 0 aromatic carbocycles. The van der Waals surface area contributed by atoms with Crippen LogP contribution in [0.4, 0.5) is 0 Å². The van der Waals surface area contributed by atoms with Crippen molar-refractivity contribution < 1.29 is 4.79 Å². The van der Waals surface area contributed by atoms with Crippen molar-refractivity contribution in [3.05, 3.63) is 17.0 Å². The van der Waals surface area contributed by atoms with Gasteiger partial charge in [-0.2, -0.15) is 5.10 Å². The van der Waals surface area contributed by atoms with E-state index in [1.165, 1.54) is 0 Å². The van der Waals surface area contributed by atoms with E-state index < -0.39 is 0 Å². The molecule has 0 radical (unpaired) electrons. The molecule has 20 heavy (non-hydrogen) atoms. The van der Waals surface area contributed by atoms with Gasteiger partial charge in [-0.05, 0) is 46.0 Å². The molecule has 1 saturated carbocycles. The Morgan fingerprint density at radius 3 is 2.50 bits per heavy atom. The number of H-pyrrole nitrogens is 1. The minimum Gasteiger partial charge on any atom is -0.336 e. The summed E-state index contributed by atoms with van der Waals surface area (Å²) < 4.78 is 0. The molecule has 0 atom stereocenters. The van der Waals surface area contributed by atoms with Crippen LogP contribution >= 0.6 is 0 Å². The van der Waals surface area contributed by atoms with E-state index in [-0.39, 0.29) is 5.91 Å². The van der Waals surface area contributed by atoms with Crippen LogP contribution in [-0.2, 0) is 0 Å². The zero-order valence-electron chi connectivity index (χ0n) is 12.8. The Balaban J connectivity index is 2.18. The normalized spacial score (nSPS) is 22.8. The highest BCUT2D eigenvalue weighted by molar-refractivity contribution is 5.96. The number of aromatic amines is 1. The van der Waals surface area contributed by atoms with Crippen molar-refractivity contribution >= 4 is 5.91 Å². The van der Waals surface area contributed by atoms with Gasteiger partial charge in [-0.1, -0.05) is 6.92 Å². The van der Waals surface area contributed by atoms with Crippen LogP contribution in [0, 0.1) is 13.8 Å². The molecule has 1 fully saturated rings. The van der Waals surface area contributed by atoms with Gasteiger partial charge in [0, 0.05) is 24.3 Å². The number of nitrogens with one attached hydrogen (secondary N) is 1. The summed E-state index contributed by atoms with van der Waals surface area (Å²) in [4.78, 5) is 14.9. The lowest BCUT2D eigenvalue weighted by molar-refractivity contribution is 0.0625. The van der Waals surface area contributed by atoms with Gasteiger partial charge < -0.3 is 10.6 Å². The number of hydrogen-bond acceptors (Lipinski definition) is 3. The lowest BCUT2D eigenvalue weighted by Crippen LogP contribution is -2.44. The van der Waals surface area contributed by atoms with Crippen LogP contribution in [0.3, 0.4) is 0 Å². The second-order valence-corrected chi connectivity index (χ2v) is 5.88. The van der Waals surface area contributed by atoms with Crippen molar-refractivity contribution in [3.8, 4) is 0 Å². The van der Waals surface area contributed by atoms with Crippen molar-refractivity contribution in [2.75, 3.05) is 6.54 Å². The monoisotopic (exact) mass is 278 g/mol. The number of amides is 1. The number of aryl methyl sites for hydroxylation is 2. The maximum Gasteiger partial charge on any atom is 0.257 e. The standard InChI is InChI=1S/C15H26N4O/c1-4-9-19(13-7-5-12(16)6-8-13)15(20)14-10(2)17-18-11(14)3/h12-13H,4-9,16H2,1-3H3,(H,17,18). The number of nitrogens with zero attached hydrogens (tertiary/aromatic N) is 2. The number of hydrogen-bond donors (Lipinski definition) is 2. The van der Waals surface area contributed by atoms with Crippen molar-refractivity contribution in [2.24, 2.45) is 5.73 Å². The smallest absolute Gasteiger partial charge is 0.257 e. The molecular formula is C15H26N4O. The first-order valence-corrected chi connectivity index (χ1v) is 7.62. The molecule has 1 heterocycles. The second-order valence-electron chi connectivity index (χ2n) is 5.88. The van der Waals surface area contributed by atoms with Crippen molar-refractivity contribution in [2.45, 2.75) is 65.0 Å². The summed E-state index contributed by atoms with van der Waals surface area (Å²) in [6.07, 6.45) is 5.04. The number of nitrogens with two attached hydrogens (primary N) is 1. The fourth-order valence-electron chi connectivity index (χ4n) is 3.11. The predicted octanol–water partition coefficient (Wildman–Crippen LogP) is 2.15.